The van der Waals surface area contributed by atoms with E-state index in [1.807, 2.05) is 20.0 Å². The highest BCUT2D eigenvalue weighted by Crippen LogP contribution is 2.35. The molecule has 1 saturated carbocycles. The molecule has 0 spiro atoms. The van der Waals surface area contributed by atoms with Crippen LogP contribution in [-0.4, -0.2) is 32.4 Å². The zero-order chi connectivity index (χ0) is 15.5. The number of nitrogens with one attached hydrogen (secondary N) is 1. The molecule has 0 radical (unpaired) electrons. The van der Waals surface area contributed by atoms with E-state index in [0.717, 1.165) is 18.7 Å². The molecule has 2 aromatic rings. The maximum atomic E-state index is 12.0. The number of amides is 1. The molecular formula is C15H21N5O2. The molecule has 3 rings (SSSR count). The normalized spacial score (nSPS) is 15.0. The van der Waals surface area contributed by atoms with Crippen molar-refractivity contribution in [2.24, 2.45) is 0 Å². The van der Waals surface area contributed by atoms with Crippen molar-refractivity contribution in [3.8, 4) is 0 Å². The van der Waals surface area contributed by atoms with Gasteiger partial charge in [0.2, 0.25) is 5.89 Å². The SMILES string of the molecule is CC(C)n1ccc(C(=O)NCCc2noc(C3CCC3)n2)n1. The van der Waals surface area contributed by atoms with Gasteiger partial charge in [0.25, 0.3) is 5.91 Å². The van der Waals surface area contributed by atoms with E-state index in [4.69, 9.17) is 4.52 Å². The summed E-state index contributed by atoms with van der Waals surface area (Å²) >= 11 is 0. The summed E-state index contributed by atoms with van der Waals surface area (Å²) in [5, 5.41) is 11.0. The first-order chi connectivity index (χ1) is 10.6. The molecule has 1 N–H and O–H groups in total. The third-order valence-electron chi connectivity index (χ3n) is 3.94. The fraction of sp³-hybridized carbons (Fsp3) is 0.600. The lowest BCUT2D eigenvalue weighted by atomic mass is 9.85. The number of nitrogens with zero attached hydrogens (tertiary/aromatic N) is 4. The zero-order valence-corrected chi connectivity index (χ0v) is 13.0. The maximum Gasteiger partial charge on any atom is 0.271 e. The third kappa shape index (κ3) is 3.18. The van der Waals surface area contributed by atoms with E-state index in [-0.39, 0.29) is 11.9 Å². The van der Waals surface area contributed by atoms with Gasteiger partial charge >= 0.3 is 0 Å². The minimum atomic E-state index is -0.179. The van der Waals surface area contributed by atoms with Crippen molar-refractivity contribution in [2.45, 2.75) is 51.5 Å². The van der Waals surface area contributed by atoms with Gasteiger partial charge in [0.05, 0.1) is 0 Å². The summed E-state index contributed by atoms with van der Waals surface area (Å²) in [5.74, 6) is 1.65. The minimum Gasteiger partial charge on any atom is -0.350 e. The number of hydrogen-bond acceptors (Lipinski definition) is 5. The zero-order valence-electron chi connectivity index (χ0n) is 13.0. The van der Waals surface area contributed by atoms with Crippen LogP contribution in [-0.2, 0) is 6.42 Å². The summed E-state index contributed by atoms with van der Waals surface area (Å²) in [5.41, 5.74) is 0.428. The van der Waals surface area contributed by atoms with Gasteiger partial charge in [0.15, 0.2) is 5.82 Å². The lowest BCUT2D eigenvalue weighted by molar-refractivity contribution is 0.0948. The average Bonchev–Trinajstić information content (AvgIpc) is 3.06. The molecule has 22 heavy (non-hydrogen) atoms. The summed E-state index contributed by atoms with van der Waals surface area (Å²) in [6, 6.07) is 1.96. The second-order valence-electron chi connectivity index (χ2n) is 5.96. The van der Waals surface area contributed by atoms with E-state index < -0.39 is 0 Å². The Balaban J connectivity index is 1.47. The third-order valence-corrected chi connectivity index (χ3v) is 3.94. The first-order valence-corrected chi connectivity index (χ1v) is 7.79. The minimum absolute atomic E-state index is 0.179. The Morgan fingerprint density at radius 1 is 1.50 bits per heavy atom. The molecule has 1 amide bonds. The van der Waals surface area contributed by atoms with Crippen LogP contribution in [0.25, 0.3) is 0 Å². The monoisotopic (exact) mass is 303 g/mol. The Morgan fingerprint density at radius 2 is 2.32 bits per heavy atom. The van der Waals surface area contributed by atoms with Crippen molar-refractivity contribution in [2.75, 3.05) is 6.54 Å². The standard InChI is InChI=1S/C15H21N5O2/c1-10(2)20-9-7-12(18-20)14(21)16-8-6-13-17-15(22-19-13)11-4-3-5-11/h7,9-11H,3-6,8H2,1-2H3,(H,16,21). The van der Waals surface area contributed by atoms with Crippen molar-refractivity contribution >= 4 is 5.91 Å². The Labute approximate surface area is 129 Å². The predicted molar refractivity (Wildman–Crippen MR) is 79.5 cm³/mol. The first-order valence-electron chi connectivity index (χ1n) is 7.79. The molecule has 0 bridgehead atoms. The molecule has 2 aromatic heterocycles. The van der Waals surface area contributed by atoms with Gasteiger partial charge in [0.1, 0.15) is 5.69 Å². The number of aromatic nitrogens is 4. The summed E-state index contributed by atoms with van der Waals surface area (Å²) in [6.07, 6.45) is 5.88. The lowest BCUT2D eigenvalue weighted by Crippen LogP contribution is -2.26. The van der Waals surface area contributed by atoms with E-state index in [1.54, 1.807) is 10.7 Å². The van der Waals surface area contributed by atoms with Crippen LogP contribution < -0.4 is 5.32 Å². The second-order valence-corrected chi connectivity index (χ2v) is 5.96. The van der Waals surface area contributed by atoms with Crippen molar-refractivity contribution in [1.82, 2.24) is 25.2 Å². The van der Waals surface area contributed by atoms with Crippen molar-refractivity contribution in [3.05, 3.63) is 29.7 Å². The van der Waals surface area contributed by atoms with Crippen LogP contribution in [0.3, 0.4) is 0 Å². The fourth-order valence-corrected chi connectivity index (χ4v) is 2.32. The Bertz CT molecular complexity index is 642. The van der Waals surface area contributed by atoms with Gasteiger partial charge in [-0.15, -0.1) is 0 Å². The summed E-state index contributed by atoms with van der Waals surface area (Å²) in [7, 11) is 0. The van der Waals surface area contributed by atoms with Crippen molar-refractivity contribution < 1.29 is 9.32 Å². The van der Waals surface area contributed by atoms with Crippen LogP contribution in [0.1, 0.15) is 67.3 Å². The maximum absolute atomic E-state index is 12.0. The average molecular weight is 303 g/mol. The predicted octanol–water partition coefficient (Wildman–Crippen LogP) is 2.09. The lowest BCUT2D eigenvalue weighted by Gasteiger charge is -2.20. The van der Waals surface area contributed by atoms with E-state index in [1.165, 1.54) is 6.42 Å². The van der Waals surface area contributed by atoms with Gasteiger partial charge in [0, 0.05) is 31.1 Å². The van der Waals surface area contributed by atoms with Gasteiger partial charge in [-0.25, -0.2) is 0 Å². The summed E-state index contributed by atoms with van der Waals surface area (Å²) in [4.78, 5) is 16.4. The Morgan fingerprint density at radius 3 is 2.95 bits per heavy atom. The molecule has 1 fully saturated rings. The highest BCUT2D eigenvalue weighted by Gasteiger charge is 2.25. The van der Waals surface area contributed by atoms with Gasteiger partial charge in [-0.1, -0.05) is 11.6 Å². The molecule has 0 aliphatic heterocycles. The molecule has 2 heterocycles. The Kier molecular flexibility index (Phi) is 4.22. The number of rotatable bonds is 6. The highest BCUT2D eigenvalue weighted by atomic mass is 16.5. The number of carbonyl (C=O) groups is 1. The fourth-order valence-electron chi connectivity index (χ4n) is 2.32. The van der Waals surface area contributed by atoms with Gasteiger partial charge in [-0.2, -0.15) is 10.1 Å². The molecular weight excluding hydrogens is 282 g/mol. The summed E-state index contributed by atoms with van der Waals surface area (Å²) < 4.78 is 7.01. The molecule has 0 saturated heterocycles. The van der Waals surface area contributed by atoms with Crippen molar-refractivity contribution in [1.29, 1.82) is 0 Å². The van der Waals surface area contributed by atoms with E-state index >= 15 is 0 Å². The second kappa shape index (κ2) is 6.29. The van der Waals surface area contributed by atoms with Crippen LogP contribution in [0.2, 0.25) is 0 Å². The molecule has 0 unspecified atom stereocenters. The van der Waals surface area contributed by atoms with E-state index in [2.05, 4.69) is 20.6 Å². The van der Waals surface area contributed by atoms with E-state index in [0.29, 0.717) is 30.4 Å². The van der Waals surface area contributed by atoms with Crippen molar-refractivity contribution in [3.63, 3.8) is 0 Å². The molecule has 0 atom stereocenters. The number of carbonyl (C=O) groups excluding carboxylic acids is 1. The van der Waals surface area contributed by atoms with E-state index in [9.17, 15) is 4.79 Å². The molecule has 0 aromatic carbocycles. The molecule has 1 aliphatic carbocycles. The molecule has 1 aliphatic rings. The Hall–Kier alpha value is -2.18. The van der Waals surface area contributed by atoms with Crippen LogP contribution in [0.5, 0.6) is 0 Å². The first kappa shape index (κ1) is 14.7. The highest BCUT2D eigenvalue weighted by molar-refractivity contribution is 5.92. The van der Waals surface area contributed by atoms with Crippen LogP contribution in [0, 0.1) is 0 Å². The van der Waals surface area contributed by atoms with Crippen LogP contribution in [0.4, 0.5) is 0 Å². The van der Waals surface area contributed by atoms with Gasteiger partial charge < -0.3 is 9.84 Å². The van der Waals surface area contributed by atoms with Gasteiger partial charge in [-0.05, 0) is 32.8 Å². The van der Waals surface area contributed by atoms with Crippen LogP contribution in [0.15, 0.2) is 16.8 Å². The molecule has 7 heteroatoms. The van der Waals surface area contributed by atoms with Crippen LogP contribution >= 0.6 is 0 Å². The largest absolute Gasteiger partial charge is 0.350 e. The molecule has 118 valence electrons. The van der Waals surface area contributed by atoms with Gasteiger partial charge in [-0.3, -0.25) is 9.48 Å². The topological polar surface area (TPSA) is 85.8 Å². The molecule has 7 nitrogen and oxygen atoms in total. The number of hydrogen-bond donors (Lipinski definition) is 1. The quantitative estimate of drug-likeness (QED) is 0.883. The smallest absolute Gasteiger partial charge is 0.271 e. The summed E-state index contributed by atoms with van der Waals surface area (Å²) in [6.45, 7) is 4.51.